The van der Waals surface area contributed by atoms with E-state index in [4.69, 9.17) is 11.6 Å². The molecule has 1 saturated heterocycles. The lowest BCUT2D eigenvalue weighted by atomic mass is 9.90. The third-order valence-electron chi connectivity index (χ3n) is 6.89. The Morgan fingerprint density at radius 3 is 2.28 bits per heavy atom. The van der Waals surface area contributed by atoms with Crippen molar-refractivity contribution in [1.82, 2.24) is 14.4 Å². The van der Waals surface area contributed by atoms with Gasteiger partial charge >= 0.3 is 0 Å². The zero-order valence-corrected chi connectivity index (χ0v) is 21.8. The molecule has 6 nitrogen and oxygen atoms in total. The number of amides is 2. The SMILES string of the molecule is CC(C)n1cc(C(=O)C(=O)N(C)C)c2cc(C(=O)N3CCC(Cc4ccc(F)cc4)CC3)c(Cl)cc21. The molecule has 36 heavy (non-hydrogen) atoms. The van der Waals surface area contributed by atoms with Crippen LogP contribution in [-0.4, -0.2) is 59.1 Å². The fraction of sp³-hybridized carbons (Fsp3) is 0.393. The maximum atomic E-state index is 13.5. The molecule has 190 valence electrons. The Morgan fingerprint density at radius 1 is 1.06 bits per heavy atom. The van der Waals surface area contributed by atoms with Gasteiger partial charge in [0.1, 0.15) is 5.82 Å². The molecule has 0 atom stereocenters. The average molecular weight is 512 g/mol. The number of piperidine rings is 1. The van der Waals surface area contributed by atoms with Crippen LogP contribution in [0.25, 0.3) is 10.9 Å². The fourth-order valence-corrected chi connectivity index (χ4v) is 5.06. The van der Waals surface area contributed by atoms with Gasteiger partial charge in [-0.2, -0.15) is 0 Å². The Morgan fingerprint density at radius 2 is 1.69 bits per heavy atom. The molecule has 1 fully saturated rings. The van der Waals surface area contributed by atoms with Crippen LogP contribution in [-0.2, 0) is 11.2 Å². The molecule has 2 aromatic carbocycles. The van der Waals surface area contributed by atoms with Gasteiger partial charge in [-0.1, -0.05) is 23.7 Å². The minimum Gasteiger partial charge on any atom is -0.344 e. The largest absolute Gasteiger partial charge is 0.344 e. The average Bonchev–Trinajstić information content (AvgIpc) is 3.22. The Bertz CT molecular complexity index is 1310. The van der Waals surface area contributed by atoms with Crippen molar-refractivity contribution in [2.75, 3.05) is 27.2 Å². The molecule has 3 aromatic rings. The van der Waals surface area contributed by atoms with Crippen LogP contribution in [0.15, 0.2) is 42.6 Å². The number of aromatic nitrogens is 1. The highest BCUT2D eigenvalue weighted by atomic mass is 35.5. The van der Waals surface area contributed by atoms with Gasteiger partial charge in [0.25, 0.3) is 17.6 Å². The maximum absolute atomic E-state index is 13.5. The number of fused-ring (bicyclic) bond motifs is 1. The molecule has 0 spiro atoms. The summed E-state index contributed by atoms with van der Waals surface area (Å²) in [5.41, 5.74) is 2.39. The van der Waals surface area contributed by atoms with E-state index in [9.17, 15) is 18.8 Å². The van der Waals surface area contributed by atoms with Crippen molar-refractivity contribution in [3.05, 3.63) is 70.1 Å². The monoisotopic (exact) mass is 511 g/mol. The van der Waals surface area contributed by atoms with Crippen LogP contribution in [0.2, 0.25) is 5.02 Å². The van der Waals surface area contributed by atoms with Gasteiger partial charge in [0.2, 0.25) is 0 Å². The van der Waals surface area contributed by atoms with Crippen molar-refractivity contribution in [3.63, 3.8) is 0 Å². The number of hydrogen-bond donors (Lipinski definition) is 0. The second-order valence-electron chi connectivity index (χ2n) is 9.99. The van der Waals surface area contributed by atoms with Crippen molar-refractivity contribution in [1.29, 1.82) is 0 Å². The highest BCUT2D eigenvalue weighted by molar-refractivity contribution is 6.45. The first-order valence-corrected chi connectivity index (χ1v) is 12.6. The summed E-state index contributed by atoms with van der Waals surface area (Å²) in [5, 5.41) is 0.863. The number of rotatable bonds is 6. The molecule has 4 rings (SSSR count). The van der Waals surface area contributed by atoms with Gasteiger partial charge in [-0.05, 0) is 68.9 Å². The number of benzene rings is 2. The van der Waals surface area contributed by atoms with E-state index in [-0.39, 0.29) is 23.3 Å². The highest BCUT2D eigenvalue weighted by Gasteiger charge is 2.28. The van der Waals surface area contributed by atoms with E-state index in [1.165, 1.54) is 31.1 Å². The minimum absolute atomic E-state index is 0.0289. The Balaban J connectivity index is 1.58. The summed E-state index contributed by atoms with van der Waals surface area (Å²) in [6, 6.07) is 9.97. The number of likely N-dealkylation sites (tertiary alicyclic amines) is 1. The molecule has 1 aromatic heterocycles. The third-order valence-corrected chi connectivity index (χ3v) is 7.21. The molecule has 2 amide bonds. The first-order valence-electron chi connectivity index (χ1n) is 12.2. The van der Waals surface area contributed by atoms with Gasteiger partial charge in [-0.3, -0.25) is 14.4 Å². The lowest BCUT2D eigenvalue weighted by Gasteiger charge is -2.32. The van der Waals surface area contributed by atoms with E-state index in [1.54, 1.807) is 23.2 Å². The first-order chi connectivity index (χ1) is 17.1. The summed E-state index contributed by atoms with van der Waals surface area (Å²) < 4.78 is 15.1. The number of hydrogen-bond acceptors (Lipinski definition) is 3. The van der Waals surface area contributed by atoms with Crippen molar-refractivity contribution < 1.29 is 18.8 Å². The van der Waals surface area contributed by atoms with Crippen LogP contribution in [0.4, 0.5) is 4.39 Å². The topological polar surface area (TPSA) is 62.6 Å². The molecule has 0 N–H and O–H groups in total. The quantitative estimate of drug-likeness (QED) is 0.330. The van der Waals surface area contributed by atoms with Crippen molar-refractivity contribution in [2.45, 2.75) is 39.2 Å². The van der Waals surface area contributed by atoms with Crippen LogP contribution in [0.1, 0.15) is 59.0 Å². The molecule has 0 unspecified atom stereocenters. The standard InChI is InChI=1S/C28H31ClFN3O3/c1-17(2)33-16-23(26(34)28(36)31(3)4)21-14-22(24(29)15-25(21)33)27(35)32-11-9-19(10-12-32)13-18-5-7-20(30)8-6-18/h5-8,14-17,19H,9-13H2,1-4H3. The predicted octanol–water partition coefficient (Wildman–Crippen LogP) is 5.38. The molecule has 1 aliphatic heterocycles. The molecule has 0 saturated carbocycles. The number of ketones is 1. The molecule has 0 bridgehead atoms. The number of carbonyl (C=O) groups excluding carboxylic acids is 3. The Hall–Kier alpha value is -3.19. The Labute approximate surface area is 215 Å². The van der Waals surface area contributed by atoms with Gasteiger partial charge in [0.15, 0.2) is 0 Å². The number of nitrogens with zero attached hydrogens (tertiary/aromatic N) is 3. The molecular weight excluding hydrogens is 481 g/mol. The zero-order valence-electron chi connectivity index (χ0n) is 21.1. The molecule has 0 radical (unpaired) electrons. The third kappa shape index (κ3) is 5.16. The summed E-state index contributed by atoms with van der Waals surface area (Å²) in [5.74, 6) is -1.25. The summed E-state index contributed by atoms with van der Waals surface area (Å²) >= 11 is 6.59. The maximum Gasteiger partial charge on any atom is 0.294 e. The van der Waals surface area contributed by atoms with E-state index in [0.29, 0.717) is 40.5 Å². The van der Waals surface area contributed by atoms with Crippen LogP contribution < -0.4 is 0 Å². The summed E-state index contributed by atoms with van der Waals surface area (Å²) in [7, 11) is 3.07. The predicted molar refractivity (Wildman–Crippen MR) is 139 cm³/mol. The van der Waals surface area contributed by atoms with Crippen molar-refractivity contribution in [2.24, 2.45) is 5.92 Å². The summed E-state index contributed by atoms with van der Waals surface area (Å²) in [4.78, 5) is 41.9. The van der Waals surface area contributed by atoms with E-state index in [2.05, 4.69) is 0 Å². The zero-order chi connectivity index (χ0) is 26.1. The number of carbonyl (C=O) groups is 3. The normalized spacial score (nSPS) is 14.5. The highest BCUT2D eigenvalue weighted by Crippen LogP contribution is 2.32. The van der Waals surface area contributed by atoms with Gasteiger partial charge in [-0.15, -0.1) is 0 Å². The molecule has 0 aliphatic carbocycles. The van der Waals surface area contributed by atoms with Gasteiger partial charge in [-0.25, -0.2) is 4.39 Å². The van der Waals surface area contributed by atoms with E-state index in [0.717, 1.165) is 24.8 Å². The molecule has 2 heterocycles. The van der Waals surface area contributed by atoms with Crippen LogP contribution in [0.5, 0.6) is 0 Å². The van der Waals surface area contributed by atoms with Crippen LogP contribution in [0.3, 0.4) is 0 Å². The van der Waals surface area contributed by atoms with E-state index >= 15 is 0 Å². The molecule has 8 heteroatoms. The lowest BCUT2D eigenvalue weighted by molar-refractivity contribution is -0.124. The lowest BCUT2D eigenvalue weighted by Crippen LogP contribution is -2.39. The molecule has 1 aliphatic rings. The van der Waals surface area contributed by atoms with Gasteiger partial charge in [0.05, 0.1) is 21.7 Å². The van der Waals surface area contributed by atoms with Crippen molar-refractivity contribution in [3.8, 4) is 0 Å². The first kappa shape index (κ1) is 25.9. The number of halogens is 2. The number of likely N-dealkylation sites (N-methyl/N-ethyl adjacent to an activating group) is 1. The van der Waals surface area contributed by atoms with Crippen LogP contribution >= 0.6 is 11.6 Å². The van der Waals surface area contributed by atoms with E-state index in [1.807, 2.05) is 30.5 Å². The van der Waals surface area contributed by atoms with Gasteiger partial charge < -0.3 is 14.4 Å². The fourth-order valence-electron chi connectivity index (χ4n) is 4.82. The second-order valence-corrected chi connectivity index (χ2v) is 10.4. The number of Topliss-reactive ketones (excluding diaryl/α,β-unsaturated/α-hetero) is 1. The minimum atomic E-state index is -0.621. The van der Waals surface area contributed by atoms with E-state index < -0.39 is 11.7 Å². The Kier molecular flexibility index (Phi) is 7.50. The van der Waals surface area contributed by atoms with Crippen molar-refractivity contribution >= 4 is 40.1 Å². The smallest absolute Gasteiger partial charge is 0.294 e. The van der Waals surface area contributed by atoms with Gasteiger partial charge in [0, 0.05) is 44.8 Å². The second kappa shape index (κ2) is 10.4. The molecular formula is C28H31ClFN3O3. The summed E-state index contributed by atoms with van der Waals surface area (Å²) in [6.07, 6.45) is 4.20. The summed E-state index contributed by atoms with van der Waals surface area (Å²) in [6.45, 7) is 5.14. The van der Waals surface area contributed by atoms with Crippen LogP contribution in [0, 0.1) is 11.7 Å².